The summed E-state index contributed by atoms with van der Waals surface area (Å²) in [6.45, 7) is 5.19. The Balaban J connectivity index is 2.77. The van der Waals surface area contributed by atoms with Crippen LogP contribution in [0, 0.1) is 5.21 Å². The molecule has 0 atom stereocenters. The molecular formula is C10H18N4O2. The normalized spacial score (nSPS) is 10.1. The van der Waals surface area contributed by atoms with Crippen molar-refractivity contribution < 1.29 is 9.47 Å². The summed E-state index contributed by atoms with van der Waals surface area (Å²) in [5, 5.41) is 14.3. The van der Waals surface area contributed by atoms with Crippen LogP contribution in [0.5, 0.6) is 5.88 Å². The van der Waals surface area contributed by atoms with E-state index in [1.54, 1.807) is 6.07 Å². The van der Waals surface area contributed by atoms with Crippen molar-refractivity contribution in [1.29, 1.82) is 0 Å². The number of anilines is 2. The molecule has 1 aromatic rings. The maximum atomic E-state index is 11.5. The van der Waals surface area contributed by atoms with Crippen molar-refractivity contribution in [1.82, 2.24) is 4.98 Å². The molecule has 0 aliphatic carbocycles. The molecule has 16 heavy (non-hydrogen) atoms. The van der Waals surface area contributed by atoms with Gasteiger partial charge in [0, 0.05) is 6.54 Å². The number of unbranched alkanes of at least 4 members (excludes halogenated alkanes) is 1. The second-order valence-corrected chi connectivity index (χ2v) is 3.36. The van der Waals surface area contributed by atoms with Gasteiger partial charge in [0.1, 0.15) is 0 Å². The van der Waals surface area contributed by atoms with Crippen LogP contribution in [0.1, 0.15) is 26.7 Å². The van der Waals surface area contributed by atoms with Crippen LogP contribution in [0.4, 0.5) is 11.8 Å². The van der Waals surface area contributed by atoms with Gasteiger partial charge in [0.05, 0.1) is 12.7 Å². The fourth-order valence-corrected chi connectivity index (χ4v) is 1.19. The minimum Gasteiger partial charge on any atom is -0.754 e. The van der Waals surface area contributed by atoms with E-state index in [4.69, 9.17) is 10.5 Å². The zero-order valence-electron chi connectivity index (χ0n) is 9.69. The summed E-state index contributed by atoms with van der Waals surface area (Å²) < 4.78 is 5.94. The molecule has 0 aromatic carbocycles. The lowest BCUT2D eigenvalue weighted by atomic mass is 10.4. The standard InChI is InChI=1S/C10H18N4O2/c1-3-5-6-16-9-7-8(12-4-2)14(15)10(11)13-9/h7,12H,3-6H2,1-2H3,(H2,11,13). The zero-order valence-corrected chi connectivity index (χ0v) is 9.69. The Hall–Kier alpha value is -1.72. The maximum absolute atomic E-state index is 11.5. The Bertz CT molecular complexity index is 344. The van der Waals surface area contributed by atoms with E-state index < -0.39 is 0 Å². The Morgan fingerprint density at radius 1 is 1.56 bits per heavy atom. The van der Waals surface area contributed by atoms with E-state index in [1.807, 2.05) is 6.92 Å². The van der Waals surface area contributed by atoms with E-state index in [0.29, 0.717) is 29.6 Å². The van der Waals surface area contributed by atoms with Crippen LogP contribution in [-0.2, 0) is 0 Å². The minimum atomic E-state index is -0.107. The first-order valence-electron chi connectivity index (χ1n) is 5.45. The van der Waals surface area contributed by atoms with Crippen molar-refractivity contribution in [2.75, 3.05) is 24.2 Å². The topological polar surface area (TPSA) is 87.1 Å². The molecule has 0 saturated carbocycles. The minimum absolute atomic E-state index is 0.107. The van der Waals surface area contributed by atoms with Gasteiger partial charge in [-0.05, 0) is 13.3 Å². The summed E-state index contributed by atoms with van der Waals surface area (Å²) in [7, 11) is 0. The number of aromatic nitrogens is 2. The average molecular weight is 226 g/mol. The molecule has 1 heterocycles. The highest BCUT2D eigenvalue weighted by Crippen LogP contribution is 2.13. The zero-order chi connectivity index (χ0) is 12.0. The van der Waals surface area contributed by atoms with Gasteiger partial charge in [-0.1, -0.05) is 18.3 Å². The summed E-state index contributed by atoms with van der Waals surface area (Å²) in [6, 6.07) is 1.56. The molecule has 0 amide bonds. The van der Waals surface area contributed by atoms with Crippen LogP contribution in [-0.4, -0.2) is 18.1 Å². The fourth-order valence-electron chi connectivity index (χ4n) is 1.19. The molecule has 3 N–H and O–H groups in total. The largest absolute Gasteiger partial charge is 0.754 e. The van der Waals surface area contributed by atoms with Gasteiger partial charge in [0.25, 0.3) is 5.88 Å². The monoisotopic (exact) mass is 226 g/mol. The van der Waals surface area contributed by atoms with E-state index >= 15 is 0 Å². The number of hydrogen-bond donors (Lipinski definition) is 2. The molecule has 1 aromatic heterocycles. The van der Waals surface area contributed by atoms with Crippen molar-refractivity contribution in [2.45, 2.75) is 26.7 Å². The second kappa shape index (κ2) is 5.99. The van der Waals surface area contributed by atoms with E-state index in [9.17, 15) is 5.21 Å². The number of nitrogens with two attached hydrogens (primary N) is 1. The molecule has 6 nitrogen and oxygen atoms in total. The van der Waals surface area contributed by atoms with Crippen LogP contribution in [0.2, 0.25) is 0 Å². The molecule has 0 aliphatic heterocycles. The Labute approximate surface area is 95.0 Å². The van der Waals surface area contributed by atoms with Gasteiger partial charge in [0.15, 0.2) is 0 Å². The second-order valence-electron chi connectivity index (χ2n) is 3.36. The van der Waals surface area contributed by atoms with Crippen molar-refractivity contribution >= 4 is 11.8 Å². The van der Waals surface area contributed by atoms with Crippen LogP contribution < -0.4 is 20.5 Å². The third-order valence-electron chi connectivity index (χ3n) is 2.02. The number of hydrogen-bond acceptors (Lipinski definition) is 5. The number of nitrogens with one attached hydrogen (secondary N) is 1. The number of nitrogen functional groups attached to an aromatic ring is 1. The van der Waals surface area contributed by atoms with Crippen LogP contribution in [0.15, 0.2) is 6.07 Å². The van der Waals surface area contributed by atoms with Gasteiger partial charge in [-0.3, -0.25) is 0 Å². The molecule has 6 heteroatoms. The van der Waals surface area contributed by atoms with Crippen molar-refractivity contribution in [3.05, 3.63) is 11.3 Å². The van der Waals surface area contributed by atoms with E-state index in [2.05, 4.69) is 17.2 Å². The quantitative estimate of drug-likeness (QED) is 0.427. The Morgan fingerprint density at radius 2 is 2.31 bits per heavy atom. The summed E-state index contributed by atoms with van der Waals surface area (Å²) >= 11 is 0. The van der Waals surface area contributed by atoms with Crippen molar-refractivity contribution in [2.24, 2.45) is 0 Å². The molecular weight excluding hydrogens is 208 g/mol. The smallest absolute Gasteiger partial charge is 0.347 e. The molecule has 0 bridgehead atoms. The van der Waals surface area contributed by atoms with E-state index in [1.165, 1.54) is 0 Å². The lowest BCUT2D eigenvalue weighted by molar-refractivity contribution is -0.577. The lowest BCUT2D eigenvalue weighted by Crippen LogP contribution is -2.35. The van der Waals surface area contributed by atoms with Crippen LogP contribution in [0.3, 0.4) is 0 Å². The van der Waals surface area contributed by atoms with Gasteiger partial charge in [0.2, 0.25) is 5.82 Å². The summed E-state index contributed by atoms with van der Waals surface area (Å²) in [4.78, 5) is 3.85. The van der Waals surface area contributed by atoms with Gasteiger partial charge < -0.3 is 21.0 Å². The fraction of sp³-hybridized carbons (Fsp3) is 0.600. The van der Waals surface area contributed by atoms with E-state index in [-0.39, 0.29) is 5.95 Å². The highest BCUT2D eigenvalue weighted by molar-refractivity contribution is 5.36. The molecule has 90 valence electrons. The van der Waals surface area contributed by atoms with Crippen molar-refractivity contribution in [3.63, 3.8) is 0 Å². The highest BCUT2D eigenvalue weighted by Gasteiger charge is 2.10. The summed E-state index contributed by atoms with van der Waals surface area (Å²) in [6.07, 6.45) is 1.99. The molecule has 0 spiro atoms. The van der Waals surface area contributed by atoms with Gasteiger partial charge in [-0.25, -0.2) is 4.73 Å². The molecule has 0 saturated heterocycles. The highest BCUT2D eigenvalue weighted by atomic mass is 16.5. The number of ether oxygens (including phenoxy) is 1. The van der Waals surface area contributed by atoms with Gasteiger partial charge in [-0.15, -0.1) is 0 Å². The predicted octanol–water partition coefficient (Wildman–Crippen LogP) is 0.908. The first-order chi connectivity index (χ1) is 7.69. The average Bonchev–Trinajstić information content (AvgIpc) is 2.26. The summed E-state index contributed by atoms with van der Waals surface area (Å²) in [5.74, 6) is 0.639. The molecule has 1 rings (SSSR count). The first-order valence-corrected chi connectivity index (χ1v) is 5.45. The Morgan fingerprint density at radius 3 is 2.94 bits per heavy atom. The lowest BCUT2D eigenvalue weighted by Gasteiger charge is -2.13. The molecule has 0 radical (unpaired) electrons. The van der Waals surface area contributed by atoms with Crippen LogP contribution >= 0.6 is 0 Å². The maximum Gasteiger partial charge on any atom is 0.347 e. The first kappa shape index (κ1) is 12.4. The third kappa shape index (κ3) is 3.15. The molecule has 0 unspecified atom stereocenters. The van der Waals surface area contributed by atoms with E-state index in [0.717, 1.165) is 12.8 Å². The van der Waals surface area contributed by atoms with Crippen LogP contribution in [0.25, 0.3) is 0 Å². The Kier molecular flexibility index (Phi) is 4.63. The summed E-state index contributed by atoms with van der Waals surface area (Å²) in [5.41, 5.74) is 5.48. The molecule has 0 fully saturated rings. The SMILES string of the molecule is CCCCOc1cc(NCC)[n+]([O-])c(N)n1. The third-order valence-corrected chi connectivity index (χ3v) is 2.02. The van der Waals surface area contributed by atoms with Crippen molar-refractivity contribution in [3.8, 4) is 5.88 Å². The number of nitrogens with zero attached hydrogens (tertiary/aromatic N) is 2. The number of rotatable bonds is 6. The molecule has 0 aliphatic rings. The van der Waals surface area contributed by atoms with Gasteiger partial charge >= 0.3 is 5.95 Å². The van der Waals surface area contributed by atoms with Gasteiger partial charge in [-0.2, -0.15) is 0 Å². The predicted molar refractivity (Wildman–Crippen MR) is 62.2 cm³/mol.